The SMILES string of the molecule is CCN(CC=CC#CC(C)(C)C)Cc1csc(SCc2cccc(-c3ccsc3)c2)n1. The van der Waals surface area contributed by atoms with Gasteiger partial charge in [-0.3, -0.25) is 4.90 Å². The van der Waals surface area contributed by atoms with E-state index in [9.17, 15) is 0 Å². The molecule has 0 aliphatic rings. The molecule has 0 saturated heterocycles. The summed E-state index contributed by atoms with van der Waals surface area (Å²) >= 11 is 5.30. The molecular weight excluding hydrogens is 437 g/mol. The van der Waals surface area contributed by atoms with Crippen molar-refractivity contribution in [2.24, 2.45) is 5.41 Å². The Hall–Kier alpha value is -1.84. The molecule has 3 aromatic rings. The van der Waals surface area contributed by atoms with E-state index in [0.29, 0.717) is 0 Å². The van der Waals surface area contributed by atoms with Crippen molar-refractivity contribution in [2.45, 2.75) is 44.3 Å². The zero-order chi connectivity index (χ0) is 22.1. The Kier molecular flexibility index (Phi) is 8.98. The normalized spacial score (nSPS) is 11.8. The van der Waals surface area contributed by atoms with E-state index in [1.54, 1.807) is 22.7 Å². The second kappa shape index (κ2) is 11.7. The van der Waals surface area contributed by atoms with Crippen molar-refractivity contribution < 1.29 is 0 Å². The fourth-order valence-electron chi connectivity index (χ4n) is 2.90. The third kappa shape index (κ3) is 8.31. The first kappa shape index (κ1) is 23.8. The van der Waals surface area contributed by atoms with E-state index in [1.807, 2.05) is 17.8 Å². The first-order valence-electron chi connectivity index (χ1n) is 10.5. The minimum atomic E-state index is 0.0503. The van der Waals surface area contributed by atoms with Gasteiger partial charge in [0.25, 0.3) is 0 Å². The zero-order valence-electron chi connectivity index (χ0n) is 18.7. The summed E-state index contributed by atoms with van der Waals surface area (Å²) in [6, 6.07) is 11.0. The summed E-state index contributed by atoms with van der Waals surface area (Å²) in [5.41, 5.74) is 5.12. The van der Waals surface area contributed by atoms with Gasteiger partial charge in [-0.05, 0) is 66.9 Å². The van der Waals surface area contributed by atoms with Gasteiger partial charge in [0, 0.05) is 29.6 Å². The quantitative estimate of drug-likeness (QED) is 0.239. The number of hydrogen-bond donors (Lipinski definition) is 0. The highest BCUT2D eigenvalue weighted by molar-refractivity contribution is 8.00. The lowest BCUT2D eigenvalue weighted by Gasteiger charge is -2.16. The van der Waals surface area contributed by atoms with E-state index >= 15 is 0 Å². The van der Waals surface area contributed by atoms with Gasteiger partial charge in [0.05, 0.1) is 5.69 Å². The van der Waals surface area contributed by atoms with Gasteiger partial charge in [-0.15, -0.1) is 11.3 Å². The fourth-order valence-corrected chi connectivity index (χ4v) is 5.34. The van der Waals surface area contributed by atoms with E-state index in [1.165, 1.54) is 16.7 Å². The number of thiazole rings is 1. The predicted octanol–water partition coefficient (Wildman–Crippen LogP) is 7.59. The van der Waals surface area contributed by atoms with E-state index in [2.05, 4.69) is 97.0 Å². The van der Waals surface area contributed by atoms with Gasteiger partial charge in [0.15, 0.2) is 0 Å². The summed E-state index contributed by atoms with van der Waals surface area (Å²) < 4.78 is 1.14. The van der Waals surface area contributed by atoms with Crippen molar-refractivity contribution in [3.63, 3.8) is 0 Å². The summed E-state index contributed by atoms with van der Waals surface area (Å²) in [6.07, 6.45) is 4.12. The van der Waals surface area contributed by atoms with Gasteiger partial charge in [-0.25, -0.2) is 4.98 Å². The molecule has 1 aromatic carbocycles. The molecule has 3 rings (SSSR count). The maximum Gasteiger partial charge on any atom is 0.150 e. The Balaban J connectivity index is 1.51. The minimum absolute atomic E-state index is 0.0503. The Labute approximate surface area is 199 Å². The molecule has 0 saturated carbocycles. The van der Waals surface area contributed by atoms with E-state index in [-0.39, 0.29) is 5.41 Å². The highest BCUT2D eigenvalue weighted by Gasteiger charge is 2.08. The van der Waals surface area contributed by atoms with Crippen molar-refractivity contribution in [1.29, 1.82) is 0 Å². The largest absolute Gasteiger partial charge is 0.294 e. The van der Waals surface area contributed by atoms with Crippen molar-refractivity contribution in [3.05, 3.63) is 69.9 Å². The molecule has 5 heteroatoms. The van der Waals surface area contributed by atoms with E-state index in [4.69, 9.17) is 4.98 Å². The summed E-state index contributed by atoms with van der Waals surface area (Å²) in [6.45, 7) is 11.3. The molecule has 2 aromatic heterocycles. The molecule has 0 spiro atoms. The molecule has 0 N–H and O–H groups in total. The molecule has 2 nitrogen and oxygen atoms in total. The number of nitrogens with zero attached hydrogens (tertiary/aromatic N) is 2. The van der Waals surface area contributed by atoms with Gasteiger partial charge in [0.2, 0.25) is 0 Å². The van der Waals surface area contributed by atoms with Gasteiger partial charge < -0.3 is 0 Å². The minimum Gasteiger partial charge on any atom is -0.294 e. The summed E-state index contributed by atoms with van der Waals surface area (Å²) in [7, 11) is 0. The van der Waals surface area contributed by atoms with Crippen molar-refractivity contribution >= 4 is 34.4 Å². The average Bonchev–Trinajstić information content (AvgIpc) is 3.43. The van der Waals surface area contributed by atoms with Crippen molar-refractivity contribution in [1.82, 2.24) is 9.88 Å². The van der Waals surface area contributed by atoms with E-state index in [0.717, 1.165) is 35.4 Å². The standard InChI is InChI=1S/C26H30N2S3/c1-5-28(14-8-6-7-13-26(2,3)4)17-24-20-31-25(27-24)30-18-21-10-9-11-22(16-21)23-12-15-29-19-23/h6,8-12,15-16,19-20H,5,14,17-18H2,1-4H3. The molecule has 0 bridgehead atoms. The van der Waals surface area contributed by atoms with Crippen LogP contribution in [0.2, 0.25) is 0 Å². The Morgan fingerprint density at radius 3 is 2.77 bits per heavy atom. The number of benzene rings is 1. The van der Waals surface area contributed by atoms with Gasteiger partial charge in [0.1, 0.15) is 4.34 Å². The number of likely N-dealkylation sites (N-methyl/N-ethyl adjacent to an activating group) is 1. The molecule has 31 heavy (non-hydrogen) atoms. The van der Waals surface area contributed by atoms with Crippen molar-refractivity contribution in [3.8, 4) is 23.0 Å². The number of thioether (sulfide) groups is 1. The lowest BCUT2D eigenvalue weighted by molar-refractivity contribution is 0.307. The Morgan fingerprint density at radius 2 is 2.03 bits per heavy atom. The van der Waals surface area contributed by atoms with Crippen LogP contribution in [0.25, 0.3) is 11.1 Å². The average molecular weight is 467 g/mol. The van der Waals surface area contributed by atoms with Crippen LogP contribution in [0.3, 0.4) is 0 Å². The summed E-state index contributed by atoms with van der Waals surface area (Å²) in [4.78, 5) is 7.23. The smallest absolute Gasteiger partial charge is 0.150 e. The van der Waals surface area contributed by atoms with Crippen LogP contribution in [0, 0.1) is 17.3 Å². The number of aromatic nitrogens is 1. The molecule has 0 radical (unpaired) electrons. The van der Waals surface area contributed by atoms with Crippen LogP contribution in [0.15, 0.2) is 63.0 Å². The highest BCUT2D eigenvalue weighted by atomic mass is 32.2. The van der Waals surface area contributed by atoms with Crippen LogP contribution >= 0.6 is 34.4 Å². The highest BCUT2D eigenvalue weighted by Crippen LogP contribution is 2.29. The molecule has 0 amide bonds. The topological polar surface area (TPSA) is 16.1 Å². The number of hydrogen-bond acceptors (Lipinski definition) is 5. The van der Waals surface area contributed by atoms with Crippen LogP contribution in [-0.4, -0.2) is 23.0 Å². The summed E-state index contributed by atoms with van der Waals surface area (Å²) in [5.74, 6) is 7.32. The lowest BCUT2D eigenvalue weighted by Crippen LogP contribution is -2.23. The van der Waals surface area contributed by atoms with Gasteiger partial charge >= 0.3 is 0 Å². The number of thiophene rings is 1. The first-order valence-corrected chi connectivity index (χ1v) is 13.3. The van der Waals surface area contributed by atoms with Crippen LogP contribution in [0.5, 0.6) is 0 Å². The van der Waals surface area contributed by atoms with Crippen LogP contribution in [-0.2, 0) is 12.3 Å². The lowest BCUT2D eigenvalue weighted by atomic mass is 9.98. The fraction of sp³-hybridized carbons (Fsp3) is 0.346. The maximum absolute atomic E-state index is 4.85. The second-order valence-electron chi connectivity index (χ2n) is 8.36. The third-order valence-corrected chi connectivity index (χ3v) is 7.34. The summed E-state index contributed by atoms with van der Waals surface area (Å²) in [5, 5.41) is 6.52. The molecule has 2 heterocycles. The molecule has 0 fully saturated rings. The molecule has 0 aliphatic heterocycles. The predicted molar refractivity (Wildman–Crippen MR) is 139 cm³/mol. The third-order valence-electron chi connectivity index (χ3n) is 4.52. The van der Waals surface area contributed by atoms with Crippen LogP contribution in [0.4, 0.5) is 0 Å². The number of rotatable bonds is 9. The van der Waals surface area contributed by atoms with Crippen molar-refractivity contribution in [2.75, 3.05) is 13.1 Å². The van der Waals surface area contributed by atoms with Crippen LogP contribution in [0.1, 0.15) is 39.0 Å². The Bertz CT molecular complexity index is 1030. The van der Waals surface area contributed by atoms with E-state index < -0.39 is 0 Å². The molecule has 0 unspecified atom stereocenters. The zero-order valence-corrected chi connectivity index (χ0v) is 21.2. The second-order valence-corrected chi connectivity index (χ2v) is 11.2. The monoisotopic (exact) mass is 466 g/mol. The molecule has 0 aliphatic carbocycles. The van der Waals surface area contributed by atoms with Gasteiger partial charge in [-0.2, -0.15) is 11.3 Å². The number of allylic oxidation sites excluding steroid dienone is 1. The van der Waals surface area contributed by atoms with Gasteiger partial charge in [-0.1, -0.05) is 60.9 Å². The first-order chi connectivity index (χ1) is 14.9. The molecule has 0 atom stereocenters. The Morgan fingerprint density at radius 1 is 1.16 bits per heavy atom. The molecule has 162 valence electrons. The maximum atomic E-state index is 4.85. The molecular formula is C26H30N2S3. The van der Waals surface area contributed by atoms with Crippen LogP contribution < -0.4 is 0 Å².